The van der Waals surface area contributed by atoms with E-state index in [9.17, 15) is 0 Å². The van der Waals surface area contributed by atoms with Gasteiger partial charge in [0.05, 0.1) is 0 Å². The number of hydrogen-bond donors (Lipinski definition) is 0. The highest BCUT2D eigenvalue weighted by molar-refractivity contribution is 8.08. The maximum Gasteiger partial charge on any atom is 0.201 e. The lowest BCUT2D eigenvalue weighted by Gasteiger charge is -2.20. The molecule has 62 valence electrons. The summed E-state index contributed by atoms with van der Waals surface area (Å²) >= 11 is 1.71. The fourth-order valence-corrected chi connectivity index (χ4v) is 2.09. The molecule has 0 amide bonds. The van der Waals surface area contributed by atoms with Gasteiger partial charge in [-0.05, 0) is 19.1 Å². The molecule has 0 spiro atoms. The monoisotopic (exact) mass is 180 g/mol. The zero-order valence-electron chi connectivity index (χ0n) is 6.61. The van der Waals surface area contributed by atoms with Gasteiger partial charge in [0.25, 0.3) is 0 Å². The summed E-state index contributed by atoms with van der Waals surface area (Å²) in [5, 5.41) is 0. The van der Waals surface area contributed by atoms with Gasteiger partial charge in [-0.1, -0.05) is 23.9 Å². The summed E-state index contributed by atoms with van der Waals surface area (Å²) in [5.41, 5.74) is 0.201. The number of ether oxygens (including phenoxy) is 2. The van der Waals surface area contributed by atoms with Crippen LogP contribution in [-0.4, -0.2) is 10.4 Å². The molecule has 12 heavy (non-hydrogen) atoms. The van der Waals surface area contributed by atoms with Gasteiger partial charge in [0.15, 0.2) is 16.9 Å². The normalized spacial score (nSPS) is 35.6. The van der Waals surface area contributed by atoms with Crippen LogP contribution in [-0.2, 0) is 0 Å². The molecule has 1 aromatic rings. The Balaban J connectivity index is 2.06. The SMILES string of the molecule is CC12Oc3ccccc3OC1S2. The third-order valence-electron chi connectivity index (χ3n) is 2.11. The third-order valence-corrected chi connectivity index (χ3v) is 3.38. The Labute approximate surface area is 74.9 Å². The van der Waals surface area contributed by atoms with Crippen molar-refractivity contribution in [1.82, 2.24) is 0 Å². The Kier molecular flexibility index (Phi) is 1.06. The average molecular weight is 180 g/mol. The van der Waals surface area contributed by atoms with Gasteiger partial charge in [-0.15, -0.1) is 0 Å². The Morgan fingerprint density at radius 3 is 2.92 bits per heavy atom. The van der Waals surface area contributed by atoms with Crippen LogP contribution in [0.4, 0.5) is 0 Å². The Morgan fingerprint density at radius 1 is 1.33 bits per heavy atom. The standard InChI is InChI=1S/C9H8O2S/c1-9-8(12-9)10-6-4-2-3-5-7(6)11-9/h2-5,8H,1H3. The molecule has 1 fully saturated rings. The van der Waals surface area contributed by atoms with E-state index in [2.05, 4.69) is 6.92 Å². The highest BCUT2D eigenvalue weighted by Gasteiger charge is 2.60. The first-order valence-corrected chi connectivity index (χ1v) is 4.78. The Bertz CT molecular complexity index is 339. The number of thioether (sulfide) groups is 1. The van der Waals surface area contributed by atoms with Crippen molar-refractivity contribution in [3.8, 4) is 11.5 Å². The lowest BCUT2D eigenvalue weighted by Crippen LogP contribution is -2.25. The number of benzene rings is 1. The Morgan fingerprint density at radius 2 is 2.08 bits per heavy atom. The summed E-state index contributed by atoms with van der Waals surface area (Å²) in [6.45, 7) is 2.05. The van der Waals surface area contributed by atoms with E-state index in [0.717, 1.165) is 11.5 Å². The predicted octanol–water partition coefficient (Wildman–Crippen LogP) is 2.25. The van der Waals surface area contributed by atoms with E-state index >= 15 is 0 Å². The van der Waals surface area contributed by atoms with Crippen molar-refractivity contribution in [2.45, 2.75) is 17.3 Å². The molecule has 2 atom stereocenters. The molecule has 0 radical (unpaired) electrons. The lowest BCUT2D eigenvalue weighted by molar-refractivity contribution is 0.101. The van der Waals surface area contributed by atoms with Crippen molar-refractivity contribution in [3.05, 3.63) is 24.3 Å². The molecule has 3 rings (SSSR count). The summed E-state index contributed by atoms with van der Waals surface area (Å²) in [6.07, 6.45) is 0. The fourth-order valence-electron chi connectivity index (χ4n) is 1.35. The van der Waals surface area contributed by atoms with Gasteiger partial charge in [-0.3, -0.25) is 0 Å². The molecule has 2 nitrogen and oxygen atoms in total. The molecule has 2 aliphatic heterocycles. The van der Waals surface area contributed by atoms with Crippen LogP contribution >= 0.6 is 11.8 Å². The molecule has 1 saturated heterocycles. The van der Waals surface area contributed by atoms with Crippen LogP contribution in [0, 0.1) is 0 Å². The molecule has 0 aliphatic carbocycles. The van der Waals surface area contributed by atoms with Gasteiger partial charge in [-0.25, -0.2) is 0 Å². The van der Waals surface area contributed by atoms with Crippen LogP contribution in [0.1, 0.15) is 6.92 Å². The molecular formula is C9H8O2S. The lowest BCUT2D eigenvalue weighted by atomic mass is 10.3. The summed E-state index contributed by atoms with van der Waals surface area (Å²) in [4.78, 5) is -0.117. The first-order valence-electron chi connectivity index (χ1n) is 3.90. The van der Waals surface area contributed by atoms with E-state index in [1.807, 2.05) is 24.3 Å². The quantitative estimate of drug-likeness (QED) is 0.570. The van der Waals surface area contributed by atoms with Crippen molar-refractivity contribution < 1.29 is 9.47 Å². The minimum atomic E-state index is -0.117. The smallest absolute Gasteiger partial charge is 0.201 e. The number of rotatable bonds is 0. The molecule has 0 bridgehead atoms. The predicted molar refractivity (Wildman–Crippen MR) is 47.5 cm³/mol. The van der Waals surface area contributed by atoms with Gasteiger partial charge in [-0.2, -0.15) is 0 Å². The number of fused-ring (bicyclic) bond motifs is 2. The summed E-state index contributed by atoms with van der Waals surface area (Å²) in [6, 6.07) is 7.79. The maximum atomic E-state index is 5.73. The highest BCUT2D eigenvalue weighted by atomic mass is 32.2. The van der Waals surface area contributed by atoms with Gasteiger partial charge in [0, 0.05) is 0 Å². The summed E-state index contributed by atoms with van der Waals surface area (Å²) in [5.74, 6) is 1.73. The fraction of sp³-hybridized carbons (Fsp3) is 0.333. The van der Waals surface area contributed by atoms with Crippen molar-refractivity contribution >= 4 is 11.8 Å². The van der Waals surface area contributed by atoms with Gasteiger partial charge >= 0.3 is 0 Å². The van der Waals surface area contributed by atoms with E-state index in [1.54, 1.807) is 11.8 Å². The molecule has 1 aromatic carbocycles. The number of hydrogen-bond acceptors (Lipinski definition) is 3. The summed E-state index contributed by atoms with van der Waals surface area (Å²) < 4.78 is 11.4. The highest BCUT2D eigenvalue weighted by Crippen LogP contribution is 2.59. The molecule has 0 saturated carbocycles. The Hall–Kier alpha value is -0.830. The minimum Gasteiger partial charge on any atom is -0.471 e. The van der Waals surface area contributed by atoms with Crippen LogP contribution in [0.2, 0.25) is 0 Å². The third kappa shape index (κ3) is 0.771. The molecule has 3 heteroatoms. The van der Waals surface area contributed by atoms with Crippen molar-refractivity contribution in [2.24, 2.45) is 0 Å². The van der Waals surface area contributed by atoms with E-state index in [-0.39, 0.29) is 10.4 Å². The first-order chi connectivity index (χ1) is 5.78. The zero-order chi connectivity index (χ0) is 8.18. The van der Waals surface area contributed by atoms with Gasteiger partial charge in [0.1, 0.15) is 0 Å². The molecule has 0 N–H and O–H groups in total. The van der Waals surface area contributed by atoms with Crippen molar-refractivity contribution in [1.29, 1.82) is 0 Å². The molecule has 2 heterocycles. The van der Waals surface area contributed by atoms with Crippen LogP contribution in [0.5, 0.6) is 11.5 Å². The van der Waals surface area contributed by atoms with E-state index < -0.39 is 0 Å². The zero-order valence-corrected chi connectivity index (χ0v) is 7.43. The van der Waals surface area contributed by atoms with Crippen molar-refractivity contribution in [2.75, 3.05) is 0 Å². The van der Waals surface area contributed by atoms with E-state index in [0.29, 0.717) is 0 Å². The average Bonchev–Trinajstić information content (AvgIpc) is 2.70. The topological polar surface area (TPSA) is 18.5 Å². The second-order valence-corrected chi connectivity index (χ2v) is 4.61. The maximum absolute atomic E-state index is 5.73. The van der Waals surface area contributed by atoms with Crippen LogP contribution < -0.4 is 9.47 Å². The van der Waals surface area contributed by atoms with Gasteiger partial charge < -0.3 is 9.47 Å². The van der Waals surface area contributed by atoms with Crippen LogP contribution in [0.15, 0.2) is 24.3 Å². The number of para-hydroxylation sites is 2. The van der Waals surface area contributed by atoms with E-state index in [4.69, 9.17) is 9.47 Å². The summed E-state index contributed by atoms with van der Waals surface area (Å²) in [7, 11) is 0. The van der Waals surface area contributed by atoms with Crippen LogP contribution in [0.3, 0.4) is 0 Å². The van der Waals surface area contributed by atoms with Gasteiger partial charge in [0.2, 0.25) is 4.93 Å². The first kappa shape index (κ1) is 6.66. The second-order valence-electron chi connectivity index (χ2n) is 3.13. The van der Waals surface area contributed by atoms with Crippen molar-refractivity contribution in [3.63, 3.8) is 0 Å². The van der Waals surface area contributed by atoms with E-state index in [1.165, 1.54) is 0 Å². The molecule has 2 aliphatic rings. The largest absolute Gasteiger partial charge is 0.471 e. The molecule has 2 unspecified atom stereocenters. The van der Waals surface area contributed by atoms with Crippen LogP contribution in [0.25, 0.3) is 0 Å². The minimum absolute atomic E-state index is 0.117. The molecular weight excluding hydrogens is 172 g/mol. The molecule has 0 aromatic heterocycles. The second kappa shape index (κ2) is 1.91.